The molecule has 5 aromatic rings. The van der Waals surface area contributed by atoms with Gasteiger partial charge in [-0.1, -0.05) is 6.07 Å². The van der Waals surface area contributed by atoms with Gasteiger partial charge in [0.05, 0.1) is 23.4 Å². The average Bonchev–Trinajstić information content (AvgIpc) is 3.41. The second kappa shape index (κ2) is 11.2. The molecule has 3 unspecified atom stereocenters. The van der Waals surface area contributed by atoms with Gasteiger partial charge in [0.2, 0.25) is 5.91 Å². The van der Waals surface area contributed by atoms with Gasteiger partial charge in [-0.2, -0.15) is 19.0 Å². The summed E-state index contributed by atoms with van der Waals surface area (Å²) in [6.45, 7) is -0.874. The first-order valence-corrected chi connectivity index (χ1v) is 14.4. The van der Waals surface area contributed by atoms with Crippen molar-refractivity contribution in [2.24, 2.45) is 11.7 Å². The molecule has 0 spiro atoms. The van der Waals surface area contributed by atoms with Gasteiger partial charge in [-0.05, 0) is 60.2 Å². The highest BCUT2D eigenvalue weighted by atomic mass is 19.3. The number of carbonyl (C=O) groups excluding carboxylic acids is 1. The number of pyridine rings is 1. The van der Waals surface area contributed by atoms with Crippen molar-refractivity contribution in [3.05, 3.63) is 99.9 Å². The molecule has 0 aliphatic heterocycles. The zero-order valence-electron chi connectivity index (χ0n) is 24.0. The van der Waals surface area contributed by atoms with Crippen LogP contribution >= 0.6 is 0 Å². The molecule has 0 radical (unpaired) electrons. The molecule has 3 aromatic heterocycles. The molecule has 2 aromatic carbocycles. The van der Waals surface area contributed by atoms with Crippen molar-refractivity contribution in [1.82, 2.24) is 30.3 Å². The number of amides is 1. The lowest BCUT2D eigenvalue weighted by Gasteiger charge is -2.23. The summed E-state index contributed by atoms with van der Waals surface area (Å²) in [6.07, 6.45) is -3.70. The number of nitrogens with zero attached hydrogens (tertiary/aromatic N) is 4. The van der Waals surface area contributed by atoms with E-state index in [1.165, 1.54) is 18.3 Å². The molecule has 1 fully saturated rings. The highest BCUT2D eigenvalue weighted by Crippen LogP contribution is 2.68. The first kappa shape index (κ1) is 30.8. The van der Waals surface area contributed by atoms with Crippen LogP contribution in [-0.2, 0) is 23.7 Å². The lowest BCUT2D eigenvalue weighted by Crippen LogP contribution is -2.35. The SMILES string of the molecule is NC(O)c1cc(-c2cc3[nH]ncc3nc2C(Cc2cc(F)cc(F)c2)NC(=O)Cn2nc(C(F)F)c3c2C(F)(F)C2C[C@H]32)ccc1F. The van der Waals surface area contributed by atoms with Crippen molar-refractivity contribution in [3.8, 4) is 11.1 Å². The molecule has 244 valence electrons. The highest BCUT2D eigenvalue weighted by Gasteiger charge is 2.67. The average molecular weight is 660 g/mol. The van der Waals surface area contributed by atoms with Crippen LogP contribution in [0.4, 0.5) is 30.7 Å². The predicted molar refractivity (Wildman–Crippen MR) is 151 cm³/mol. The third-order valence-corrected chi connectivity index (χ3v) is 8.57. The molecular formula is C31H24F7N7O2. The molecule has 0 saturated heterocycles. The van der Waals surface area contributed by atoms with E-state index in [1.807, 2.05) is 0 Å². The van der Waals surface area contributed by atoms with Gasteiger partial charge in [-0.3, -0.25) is 14.6 Å². The number of aromatic amines is 1. The Morgan fingerprint density at radius 1 is 1.11 bits per heavy atom. The Hall–Kier alpha value is -4.83. The summed E-state index contributed by atoms with van der Waals surface area (Å²) in [5, 5.41) is 23.0. The third-order valence-electron chi connectivity index (χ3n) is 8.57. The minimum absolute atomic E-state index is 0.0428. The van der Waals surface area contributed by atoms with Crippen molar-refractivity contribution in [2.75, 3.05) is 0 Å². The molecule has 3 heterocycles. The first-order chi connectivity index (χ1) is 22.3. The molecule has 16 heteroatoms. The number of nitrogens with two attached hydrogens (primary N) is 1. The van der Waals surface area contributed by atoms with Crippen LogP contribution in [0.2, 0.25) is 0 Å². The zero-order valence-corrected chi connectivity index (χ0v) is 24.0. The number of aliphatic hydroxyl groups excluding tert-OH is 1. The molecular weight excluding hydrogens is 635 g/mol. The third kappa shape index (κ3) is 5.40. The Kier molecular flexibility index (Phi) is 7.31. The number of rotatable bonds is 9. The number of hydrogen-bond donors (Lipinski definition) is 4. The van der Waals surface area contributed by atoms with Crippen molar-refractivity contribution in [1.29, 1.82) is 0 Å². The van der Waals surface area contributed by atoms with E-state index in [4.69, 9.17) is 5.73 Å². The molecule has 5 N–H and O–H groups in total. The molecule has 0 bridgehead atoms. The second-order valence-corrected chi connectivity index (χ2v) is 11.7. The summed E-state index contributed by atoms with van der Waals surface area (Å²) >= 11 is 0. The number of aliphatic hydroxyl groups is 1. The molecule has 7 rings (SSSR count). The maximum atomic E-state index is 15.1. The van der Waals surface area contributed by atoms with Crippen LogP contribution in [-0.4, -0.2) is 36.0 Å². The molecule has 4 atom stereocenters. The van der Waals surface area contributed by atoms with Gasteiger partial charge in [0, 0.05) is 28.7 Å². The lowest BCUT2D eigenvalue weighted by atomic mass is 9.93. The first-order valence-electron chi connectivity index (χ1n) is 14.4. The second-order valence-electron chi connectivity index (χ2n) is 11.7. The van der Waals surface area contributed by atoms with Gasteiger partial charge >= 0.3 is 0 Å². The van der Waals surface area contributed by atoms with Crippen molar-refractivity contribution < 1.29 is 40.6 Å². The largest absolute Gasteiger partial charge is 0.374 e. The van der Waals surface area contributed by atoms with E-state index in [0.29, 0.717) is 21.8 Å². The lowest BCUT2D eigenvalue weighted by molar-refractivity contribution is -0.123. The highest BCUT2D eigenvalue weighted by molar-refractivity contribution is 5.83. The smallest absolute Gasteiger partial charge is 0.293 e. The minimum atomic E-state index is -3.46. The van der Waals surface area contributed by atoms with Crippen molar-refractivity contribution >= 4 is 16.9 Å². The number of benzene rings is 2. The summed E-state index contributed by atoms with van der Waals surface area (Å²) in [5.41, 5.74) is 4.94. The Bertz CT molecular complexity index is 2020. The maximum Gasteiger partial charge on any atom is 0.293 e. The van der Waals surface area contributed by atoms with Gasteiger partial charge in [0.25, 0.3) is 12.3 Å². The summed E-state index contributed by atoms with van der Waals surface area (Å²) in [6, 6.07) is 6.73. The van der Waals surface area contributed by atoms with E-state index >= 15 is 8.78 Å². The van der Waals surface area contributed by atoms with Crippen LogP contribution in [0.1, 0.15) is 64.8 Å². The van der Waals surface area contributed by atoms with Crippen molar-refractivity contribution in [2.45, 2.75) is 49.9 Å². The van der Waals surface area contributed by atoms with Gasteiger partial charge in [0.1, 0.15) is 47.1 Å². The van der Waals surface area contributed by atoms with Gasteiger partial charge in [0.15, 0.2) is 0 Å². The van der Waals surface area contributed by atoms with Crippen LogP contribution in [0.5, 0.6) is 0 Å². The summed E-state index contributed by atoms with van der Waals surface area (Å²) in [5.74, 6) is -8.92. The number of hydrogen-bond acceptors (Lipinski definition) is 6. The summed E-state index contributed by atoms with van der Waals surface area (Å²) in [4.78, 5) is 18.2. The van der Waals surface area contributed by atoms with Crippen LogP contribution in [0, 0.1) is 23.4 Å². The minimum Gasteiger partial charge on any atom is -0.374 e. The maximum absolute atomic E-state index is 15.1. The summed E-state index contributed by atoms with van der Waals surface area (Å²) in [7, 11) is 0. The number of H-pyrrole nitrogens is 1. The molecule has 1 saturated carbocycles. The molecule has 1 amide bonds. The predicted octanol–water partition coefficient (Wildman–Crippen LogP) is 5.44. The van der Waals surface area contributed by atoms with Gasteiger partial charge < -0.3 is 16.2 Å². The number of carbonyl (C=O) groups is 1. The zero-order chi connectivity index (χ0) is 33.4. The number of fused-ring (bicyclic) bond motifs is 4. The fraction of sp³-hybridized carbons (Fsp3) is 0.290. The molecule has 2 aliphatic rings. The van der Waals surface area contributed by atoms with Crippen LogP contribution < -0.4 is 11.1 Å². The number of aromatic nitrogens is 5. The molecule has 47 heavy (non-hydrogen) atoms. The number of nitrogens with one attached hydrogen (secondary N) is 2. The molecule has 9 nitrogen and oxygen atoms in total. The monoisotopic (exact) mass is 659 g/mol. The topological polar surface area (TPSA) is 135 Å². The van der Waals surface area contributed by atoms with E-state index in [1.54, 1.807) is 6.07 Å². The van der Waals surface area contributed by atoms with E-state index < -0.39 is 77.7 Å². The Morgan fingerprint density at radius 3 is 2.55 bits per heavy atom. The Morgan fingerprint density at radius 2 is 1.85 bits per heavy atom. The fourth-order valence-corrected chi connectivity index (χ4v) is 6.46. The van der Waals surface area contributed by atoms with Crippen molar-refractivity contribution in [3.63, 3.8) is 0 Å². The van der Waals surface area contributed by atoms with E-state index in [9.17, 15) is 31.9 Å². The quantitative estimate of drug-likeness (QED) is 0.123. The number of halogens is 7. The Labute approximate surface area is 260 Å². The van der Waals surface area contributed by atoms with Crippen LogP contribution in [0.3, 0.4) is 0 Å². The van der Waals surface area contributed by atoms with Crippen LogP contribution in [0.25, 0.3) is 22.2 Å². The van der Waals surface area contributed by atoms with E-state index in [-0.39, 0.29) is 46.4 Å². The normalized spacial score (nSPS) is 19.1. The van der Waals surface area contributed by atoms with Gasteiger partial charge in [-0.25, -0.2) is 26.9 Å². The van der Waals surface area contributed by atoms with E-state index in [0.717, 1.165) is 18.2 Å². The van der Waals surface area contributed by atoms with Gasteiger partial charge in [-0.15, -0.1) is 0 Å². The molecule has 2 aliphatic carbocycles. The number of alkyl halides is 4. The summed E-state index contributed by atoms with van der Waals surface area (Å²) < 4.78 is 101. The van der Waals surface area contributed by atoms with Crippen LogP contribution in [0.15, 0.2) is 48.7 Å². The Balaban J connectivity index is 1.31. The standard InChI is InChI=1S/C31H24F7N7O2/c32-14-3-12(4-15(33)7-14)5-22(41-24(46)11-45-28-25(27(44-45)29(35)36)17-8-19(17)31(28,37)38)26-16(9-21-23(42-26)10-40-43-21)13-1-2-20(34)18(6-13)30(39)47/h1-4,6-7,9-10,17,19,22,29-30,47H,5,8,11,39H2,(H,40,43)(H,41,46)/t17-,19?,22?,30?/m0/s1. The van der Waals surface area contributed by atoms with E-state index in [2.05, 4.69) is 25.6 Å². The fourth-order valence-electron chi connectivity index (χ4n) is 6.46.